The third-order valence-corrected chi connectivity index (χ3v) is 16.8. The van der Waals surface area contributed by atoms with E-state index in [4.69, 9.17) is 9.72 Å². The Kier molecular flexibility index (Phi) is 12.7. The summed E-state index contributed by atoms with van der Waals surface area (Å²) in [7, 11) is 0. The molecule has 0 bridgehead atoms. The maximum absolute atomic E-state index is 14.6. The molecule has 2 aliphatic carbocycles. The smallest absolute Gasteiger partial charge is 0.137 e. The lowest BCUT2D eigenvalue weighted by atomic mass is 9.75. The van der Waals surface area contributed by atoms with Gasteiger partial charge in [0.25, 0.3) is 0 Å². The summed E-state index contributed by atoms with van der Waals surface area (Å²) in [4.78, 5) is 9.78. The molecular weight excluding hydrogens is 951 g/mol. The average molecular weight is 1020 g/mol. The summed E-state index contributed by atoms with van der Waals surface area (Å²) in [5.41, 5.74) is 16.5. The van der Waals surface area contributed by atoms with Crippen LogP contribution in [0.1, 0.15) is 114 Å². The first-order chi connectivity index (χ1) is 37.6. The zero-order valence-corrected chi connectivity index (χ0v) is 44.3. The predicted octanol–water partition coefficient (Wildman–Crippen LogP) is 19.9. The number of hydrogen-bond acceptors (Lipinski definition) is 4. The SMILES string of the molecule is CC(C)(C)c1ccnc(-n2c3ccccc3c3ccc(Oc4cc(-c5c(C6CCCCC6)cccc5C5CCCCC5)cc(N5CN(c6c(-c7ccc(F)cc7)cccc6-c6ccc(F)cc6)c6ccccc65)c4)cc32)c1. The molecule has 2 fully saturated rings. The second-order valence-electron chi connectivity index (χ2n) is 22.7. The van der Waals surface area contributed by atoms with E-state index < -0.39 is 0 Å². The summed E-state index contributed by atoms with van der Waals surface area (Å²) in [5, 5.41) is 2.30. The van der Waals surface area contributed by atoms with Gasteiger partial charge in [0.15, 0.2) is 0 Å². The number of hydrogen-bond donors (Lipinski definition) is 0. The normalized spacial score (nSPS) is 15.4. The fourth-order valence-corrected chi connectivity index (χ4v) is 13.0. The van der Waals surface area contributed by atoms with Crippen LogP contribution in [0.4, 0.5) is 31.5 Å². The zero-order valence-electron chi connectivity index (χ0n) is 44.3. The van der Waals surface area contributed by atoms with Gasteiger partial charge in [-0.1, -0.05) is 150 Å². The van der Waals surface area contributed by atoms with Crippen LogP contribution >= 0.6 is 0 Å². The number of ether oxygens (including phenoxy) is 1. The average Bonchev–Trinajstić information content (AvgIpc) is 4.09. The van der Waals surface area contributed by atoms with Crippen molar-refractivity contribution in [2.75, 3.05) is 16.5 Å². The molecule has 0 atom stereocenters. The number of benzene rings is 8. The lowest BCUT2D eigenvalue weighted by Crippen LogP contribution is -2.25. The number of aromatic nitrogens is 2. The van der Waals surface area contributed by atoms with Gasteiger partial charge in [0.05, 0.1) is 28.1 Å². The molecular formula is C70H64F2N4O. The van der Waals surface area contributed by atoms with Gasteiger partial charge < -0.3 is 14.5 Å². The molecule has 0 spiro atoms. The molecule has 2 saturated carbocycles. The Morgan fingerprint density at radius 2 is 1.08 bits per heavy atom. The standard InChI is InChI=1S/C70H64F2N4O/c1-70(2,3)51-38-39-73-67(42-51)76-63-25-11-10-20-61(63)62-37-36-55(44-66(62)76)77-56-41-50(68-57(46-16-6-4-7-17-46)21-14-22-58(68)47-18-8-5-9-19-47)40-54(43-56)74-45-75(65-27-13-12-26-64(65)74)69-59(48-28-32-52(71)33-29-48)23-15-24-60(69)49-30-34-53(72)35-31-49/h10-15,20-44,46-47H,4-9,16-19,45H2,1-3H3. The highest BCUT2D eigenvalue weighted by Crippen LogP contribution is 2.53. The lowest BCUT2D eigenvalue weighted by molar-refractivity contribution is 0.436. The van der Waals surface area contributed by atoms with E-state index in [2.05, 4.69) is 163 Å². The first-order valence-electron chi connectivity index (χ1n) is 27.9. The van der Waals surface area contributed by atoms with Crippen LogP contribution in [0, 0.1) is 11.6 Å². The van der Waals surface area contributed by atoms with E-state index in [-0.39, 0.29) is 17.0 Å². The maximum atomic E-state index is 14.6. The lowest BCUT2D eigenvalue weighted by Gasteiger charge is -2.31. The first-order valence-corrected chi connectivity index (χ1v) is 27.9. The van der Waals surface area contributed by atoms with Crippen LogP contribution in [0.25, 0.3) is 61.0 Å². The molecule has 7 heteroatoms. The minimum atomic E-state index is -0.289. The van der Waals surface area contributed by atoms with Crippen molar-refractivity contribution in [1.82, 2.24) is 9.55 Å². The molecule has 0 amide bonds. The summed E-state index contributed by atoms with van der Waals surface area (Å²) in [6, 6.07) is 61.9. The van der Waals surface area contributed by atoms with Crippen LogP contribution in [0.5, 0.6) is 11.5 Å². The highest BCUT2D eigenvalue weighted by Gasteiger charge is 2.33. The van der Waals surface area contributed by atoms with Gasteiger partial charge in [0, 0.05) is 45.9 Å². The van der Waals surface area contributed by atoms with Gasteiger partial charge >= 0.3 is 0 Å². The molecule has 13 rings (SSSR count). The highest BCUT2D eigenvalue weighted by molar-refractivity contribution is 6.09. The molecule has 3 heterocycles. The Morgan fingerprint density at radius 1 is 0.494 bits per heavy atom. The van der Waals surface area contributed by atoms with Gasteiger partial charge in [0.1, 0.15) is 35.6 Å². The van der Waals surface area contributed by atoms with E-state index in [9.17, 15) is 8.78 Å². The third kappa shape index (κ3) is 9.24. The Morgan fingerprint density at radius 3 is 1.71 bits per heavy atom. The Hall–Kier alpha value is -8.03. The molecule has 10 aromatic rings. The Bertz CT molecular complexity index is 3700. The molecule has 1 aliphatic heterocycles. The van der Waals surface area contributed by atoms with E-state index in [1.165, 1.54) is 116 Å². The van der Waals surface area contributed by atoms with Gasteiger partial charge in [-0.2, -0.15) is 0 Å². The summed E-state index contributed by atoms with van der Waals surface area (Å²) >= 11 is 0. The third-order valence-electron chi connectivity index (χ3n) is 16.8. The van der Waals surface area contributed by atoms with Crippen LogP contribution in [0.15, 0.2) is 188 Å². The number of fused-ring (bicyclic) bond motifs is 4. The number of nitrogens with zero attached hydrogens (tertiary/aromatic N) is 4. The fourth-order valence-electron chi connectivity index (χ4n) is 13.0. The van der Waals surface area contributed by atoms with Gasteiger partial charge in [-0.05, 0) is 161 Å². The summed E-state index contributed by atoms with van der Waals surface area (Å²) in [5.74, 6) is 2.77. The minimum absolute atomic E-state index is 0.0519. The molecule has 0 radical (unpaired) electrons. The predicted molar refractivity (Wildman–Crippen MR) is 314 cm³/mol. The van der Waals surface area contributed by atoms with Crippen molar-refractivity contribution < 1.29 is 13.5 Å². The van der Waals surface area contributed by atoms with Crippen LogP contribution < -0.4 is 14.5 Å². The van der Waals surface area contributed by atoms with E-state index >= 15 is 0 Å². The zero-order chi connectivity index (χ0) is 52.2. The molecule has 0 N–H and O–H groups in total. The highest BCUT2D eigenvalue weighted by atomic mass is 19.1. The van der Waals surface area contributed by atoms with Crippen molar-refractivity contribution in [3.8, 4) is 50.7 Å². The number of para-hydroxylation sites is 4. The van der Waals surface area contributed by atoms with Gasteiger partial charge in [-0.3, -0.25) is 4.57 Å². The monoisotopic (exact) mass is 1010 g/mol. The van der Waals surface area contributed by atoms with Crippen molar-refractivity contribution in [2.24, 2.45) is 0 Å². The van der Waals surface area contributed by atoms with Crippen molar-refractivity contribution in [2.45, 2.75) is 102 Å². The second-order valence-corrected chi connectivity index (χ2v) is 22.7. The van der Waals surface area contributed by atoms with Gasteiger partial charge in [0.2, 0.25) is 0 Å². The number of anilines is 4. The van der Waals surface area contributed by atoms with Gasteiger partial charge in [-0.25, -0.2) is 13.8 Å². The van der Waals surface area contributed by atoms with Crippen LogP contribution in [-0.2, 0) is 5.41 Å². The summed E-state index contributed by atoms with van der Waals surface area (Å²) in [6.45, 7) is 7.21. The van der Waals surface area contributed by atoms with Crippen molar-refractivity contribution in [1.29, 1.82) is 0 Å². The molecule has 384 valence electrons. The van der Waals surface area contributed by atoms with Gasteiger partial charge in [-0.15, -0.1) is 0 Å². The maximum Gasteiger partial charge on any atom is 0.137 e. The molecule has 77 heavy (non-hydrogen) atoms. The largest absolute Gasteiger partial charge is 0.457 e. The summed E-state index contributed by atoms with van der Waals surface area (Å²) in [6.07, 6.45) is 14.3. The Labute approximate surface area is 451 Å². The Balaban J connectivity index is 0.998. The molecule has 8 aromatic carbocycles. The van der Waals surface area contributed by atoms with Crippen molar-refractivity contribution >= 4 is 44.6 Å². The first kappa shape index (κ1) is 48.6. The van der Waals surface area contributed by atoms with Crippen LogP contribution in [0.3, 0.4) is 0 Å². The van der Waals surface area contributed by atoms with Crippen LogP contribution in [-0.4, -0.2) is 16.2 Å². The second kappa shape index (κ2) is 20.2. The van der Waals surface area contributed by atoms with E-state index in [0.717, 1.165) is 84.1 Å². The van der Waals surface area contributed by atoms with E-state index in [0.29, 0.717) is 18.5 Å². The van der Waals surface area contributed by atoms with E-state index in [1.807, 2.05) is 36.5 Å². The minimum Gasteiger partial charge on any atom is -0.457 e. The molecule has 0 unspecified atom stereocenters. The number of halogens is 2. The van der Waals surface area contributed by atoms with Crippen molar-refractivity contribution in [3.05, 3.63) is 217 Å². The molecule has 0 saturated heterocycles. The molecule has 5 nitrogen and oxygen atoms in total. The van der Waals surface area contributed by atoms with E-state index in [1.54, 1.807) is 0 Å². The molecule has 2 aromatic heterocycles. The number of pyridine rings is 1. The fraction of sp³-hybridized carbons (Fsp3) is 0.243. The quantitative estimate of drug-likeness (QED) is 0.137. The van der Waals surface area contributed by atoms with Crippen LogP contribution in [0.2, 0.25) is 0 Å². The topological polar surface area (TPSA) is 33.5 Å². The van der Waals surface area contributed by atoms with Crippen molar-refractivity contribution in [3.63, 3.8) is 0 Å². The molecule has 3 aliphatic rings. The summed E-state index contributed by atoms with van der Waals surface area (Å²) < 4.78 is 38.8. The number of rotatable bonds is 10.